The summed E-state index contributed by atoms with van der Waals surface area (Å²) in [6.45, 7) is 7.04. The van der Waals surface area contributed by atoms with Crippen LogP contribution in [0.2, 0.25) is 0 Å². The average molecular weight is 238 g/mol. The van der Waals surface area contributed by atoms with Crippen molar-refractivity contribution in [1.29, 1.82) is 0 Å². The summed E-state index contributed by atoms with van der Waals surface area (Å²) in [5.41, 5.74) is 2.58. The molecule has 96 valence electrons. The summed E-state index contributed by atoms with van der Waals surface area (Å²) >= 11 is 0. The Kier molecular flexibility index (Phi) is 5.48. The van der Waals surface area contributed by atoms with Crippen LogP contribution >= 0.6 is 0 Å². The smallest absolute Gasteiger partial charge is 0.206 e. The molecule has 0 aliphatic heterocycles. The number of nitrogens with two attached hydrogens (primary N) is 1. The maximum Gasteiger partial charge on any atom is 0.206 e. The molecule has 1 heterocycles. The standard InChI is InChI=1S/C11H22N6/c1-4-9(10-13-5-6-14-10)16-11(17-12)15-7-8(2)3/h5-6,8-9H,4,7,12H2,1-3H3,(H,13,14)(H2,15,16,17). The number of aliphatic imine (C=N–C) groups is 1. The van der Waals surface area contributed by atoms with Gasteiger partial charge in [0, 0.05) is 18.9 Å². The van der Waals surface area contributed by atoms with E-state index in [1.54, 1.807) is 12.4 Å². The number of aromatic amines is 1. The van der Waals surface area contributed by atoms with E-state index in [4.69, 9.17) is 5.84 Å². The number of nitrogens with one attached hydrogen (secondary N) is 3. The number of nitrogens with zero attached hydrogens (tertiary/aromatic N) is 2. The number of hydrogen-bond acceptors (Lipinski definition) is 3. The lowest BCUT2D eigenvalue weighted by Gasteiger charge is -2.17. The summed E-state index contributed by atoms with van der Waals surface area (Å²) in [6.07, 6.45) is 4.44. The molecule has 0 saturated carbocycles. The minimum absolute atomic E-state index is 0.0898. The topological polar surface area (TPSA) is 91.1 Å². The zero-order chi connectivity index (χ0) is 12.7. The van der Waals surface area contributed by atoms with Crippen LogP contribution in [-0.2, 0) is 0 Å². The fourth-order valence-electron chi connectivity index (χ4n) is 1.40. The highest BCUT2D eigenvalue weighted by Gasteiger charge is 2.12. The van der Waals surface area contributed by atoms with Gasteiger partial charge in [-0.25, -0.2) is 10.8 Å². The molecule has 17 heavy (non-hydrogen) atoms. The van der Waals surface area contributed by atoms with Gasteiger partial charge in [-0.15, -0.1) is 0 Å². The largest absolute Gasteiger partial charge is 0.347 e. The molecule has 0 aromatic carbocycles. The monoisotopic (exact) mass is 238 g/mol. The van der Waals surface area contributed by atoms with Crippen molar-refractivity contribution in [2.45, 2.75) is 33.2 Å². The zero-order valence-electron chi connectivity index (χ0n) is 10.7. The van der Waals surface area contributed by atoms with E-state index in [0.29, 0.717) is 11.9 Å². The molecule has 1 atom stereocenters. The fraction of sp³-hybridized carbons (Fsp3) is 0.636. The minimum Gasteiger partial charge on any atom is -0.347 e. The molecule has 1 rings (SSSR count). The molecule has 0 radical (unpaired) electrons. The van der Waals surface area contributed by atoms with Gasteiger partial charge in [0.1, 0.15) is 5.82 Å². The van der Waals surface area contributed by atoms with Crippen molar-refractivity contribution in [2.75, 3.05) is 6.54 Å². The van der Waals surface area contributed by atoms with Crippen LogP contribution in [0, 0.1) is 5.92 Å². The minimum atomic E-state index is 0.0898. The lowest BCUT2D eigenvalue weighted by Crippen LogP contribution is -2.43. The summed E-state index contributed by atoms with van der Waals surface area (Å²) in [5, 5.41) is 3.23. The van der Waals surface area contributed by atoms with Crippen LogP contribution < -0.4 is 16.6 Å². The van der Waals surface area contributed by atoms with E-state index < -0.39 is 0 Å². The van der Waals surface area contributed by atoms with Crippen LogP contribution in [0.5, 0.6) is 0 Å². The van der Waals surface area contributed by atoms with Gasteiger partial charge in [0.15, 0.2) is 0 Å². The van der Waals surface area contributed by atoms with Crippen molar-refractivity contribution in [3.63, 3.8) is 0 Å². The molecule has 0 amide bonds. The van der Waals surface area contributed by atoms with Crippen molar-refractivity contribution in [1.82, 2.24) is 20.7 Å². The number of H-pyrrole nitrogens is 1. The highest BCUT2D eigenvalue weighted by atomic mass is 15.3. The van der Waals surface area contributed by atoms with E-state index in [1.165, 1.54) is 0 Å². The lowest BCUT2D eigenvalue weighted by atomic mass is 10.2. The second-order valence-corrected chi connectivity index (χ2v) is 4.31. The summed E-state index contributed by atoms with van der Waals surface area (Å²) < 4.78 is 0. The maximum absolute atomic E-state index is 5.44. The third-order valence-corrected chi connectivity index (χ3v) is 2.32. The van der Waals surface area contributed by atoms with Gasteiger partial charge in [-0.1, -0.05) is 20.8 Å². The third-order valence-electron chi connectivity index (χ3n) is 2.32. The van der Waals surface area contributed by atoms with Gasteiger partial charge in [0.25, 0.3) is 0 Å². The van der Waals surface area contributed by atoms with E-state index in [1.807, 2.05) is 0 Å². The van der Waals surface area contributed by atoms with Gasteiger partial charge in [-0.2, -0.15) is 0 Å². The molecular weight excluding hydrogens is 216 g/mol. The quantitative estimate of drug-likeness (QED) is 0.266. The van der Waals surface area contributed by atoms with E-state index in [9.17, 15) is 0 Å². The van der Waals surface area contributed by atoms with Crippen LogP contribution in [0.15, 0.2) is 17.4 Å². The van der Waals surface area contributed by atoms with Crippen molar-refractivity contribution >= 4 is 5.96 Å². The van der Waals surface area contributed by atoms with Crippen molar-refractivity contribution in [3.8, 4) is 0 Å². The van der Waals surface area contributed by atoms with Crippen LogP contribution in [-0.4, -0.2) is 22.5 Å². The molecule has 6 nitrogen and oxygen atoms in total. The first kappa shape index (κ1) is 13.5. The molecule has 0 bridgehead atoms. The molecular formula is C11H22N6. The number of aromatic nitrogens is 2. The lowest BCUT2D eigenvalue weighted by molar-refractivity contribution is 0.575. The molecule has 1 aromatic heterocycles. The zero-order valence-corrected chi connectivity index (χ0v) is 10.7. The van der Waals surface area contributed by atoms with Gasteiger partial charge in [-0.3, -0.25) is 10.4 Å². The van der Waals surface area contributed by atoms with E-state index in [0.717, 1.165) is 18.8 Å². The van der Waals surface area contributed by atoms with E-state index in [-0.39, 0.29) is 6.04 Å². The molecule has 0 saturated heterocycles. The molecule has 1 aromatic rings. The molecule has 0 aliphatic carbocycles. The summed E-state index contributed by atoms with van der Waals surface area (Å²) in [5.74, 6) is 7.43. The Hall–Kier alpha value is -1.56. The first-order valence-electron chi connectivity index (χ1n) is 5.94. The number of hydrazine groups is 1. The highest BCUT2D eigenvalue weighted by molar-refractivity contribution is 5.79. The molecule has 0 spiro atoms. The van der Waals surface area contributed by atoms with Gasteiger partial charge >= 0.3 is 0 Å². The Labute approximate surface area is 102 Å². The molecule has 0 fully saturated rings. The predicted octanol–water partition coefficient (Wildman–Crippen LogP) is 0.926. The maximum atomic E-state index is 5.44. The molecule has 6 heteroatoms. The van der Waals surface area contributed by atoms with Crippen LogP contribution in [0.1, 0.15) is 39.1 Å². The van der Waals surface area contributed by atoms with Crippen molar-refractivity contribution < 1.29 is 0 Å². The van der Waals surface area contributed by atoms with E-state index in [2.05, 4.69) is 46.5 Å². The SMILES string of the molecule is CCC(NC(=NCC(C)C)NN)c1ncc[nH]1. The Morgan fingerprint density at radius 1 is 1.59 bits per heavy atom. The summed E-state index contributed by atoms with van der Waals surface area (Å²) in [6, 6.07) is 0.0898. The Morgan fingerprint density at radius 3 is 2.82 bits per heavy atom. The summed E-state index contributed by atoms with van der Waals surface area (Å²) in [7, 11) is 0. The second-order valence-electron chi connectivity index (χ2n) is 4.31. The predicted molar refractivity (Wildman–Crippen MR) is 69.2 cm³/mol. The molecule has 0 aliphatic rings. The number of guanidine groups is 1. The molecule has 5 N–H and O–H groups in total. The normalized spacial score (nSPS) is 13.8. The van der Waals surface area contributed by atoms with Crippen LogP contribution in [0.4, 0.5) is 0 Å². The Morgan fingerprint density at radius 2 is 2.35 bits per heavy atom. The van der Waals surface area contributed by atoms with Crippen LogP contribution in [0.3, 0.4) is 0 Å². The third kappa shape index (κ3) is 4.44. The van der Waals surface area contributed by atoms with Crippen LogP contribution in [0.25, 0.3) is 0 Å². The van der Waals surface area contributed by atoms with Gasteiger partial charge in [0.2, 0.25) is 5.96 Å². The average Bonchev–Trinajstić information content (AvgIpc) is 2.83. The first-order valence-corrected chi connectivity index (χ1v) is 5.94. The van der Waals surface area contributed by atoms with Crippen molar-refractivity contribution in [2.24, 2.45) is 16.8 Å². The first-order chi connectivity index (χ1) is 8.17. The second kappa shape index (κ2) is 6.90. The number of rotatable bonds is 5. The Bertz CT molecular complexity index is 330. The molecule has 1 unspecified atom stereocenters. The number of hydrogen-bond donors (Lipinski definition) is 4. The van der Waals surface area contributed by atoms with Crippen molar-refractivity contribution in [3.05, 3.63) is 18.2 Å². The summed E-state index contributed by atoms with van der Waals surface area (Å²) in [4.78, 5) is 11.7. The fourth-order valence-corrected chi connectivity index (χ4v) is 1.40. The van der Waals surface area contributed by atoms with Gasteiger partial charge in [-0.05, 0) is 12.3 Å². The highest BCUT2D eigenvalue weighted by Crippen LogP contribution is 2.10. The van der Waals surface area contributed by atoms with Gasteiger partial charge < -0.3 is 10.3 Å². The Balaban J connectivity index is 2.62. The van der Waals surface area contributed by atoms with E-state index >= 15 is 0 Å². The van der Waals surface area contributed by atoms with Gasteiger partial charge in [0.05, 0.1) is 6.04 Å². The number of imidazole rings is 1.